The summed E-state index contributed by atoms with van der Waals surface area (Å²) < 4.78 is 0. The molecule has 2 aromatic rings. The molecule has 1 unspecified atom stereocenters. The van der Waals surface area contributed by atoms with Crippen molar-refractivity contribution < 1.29 is 9.59 Å². The second-order valence-electron chi connectivity index (χ2n) is 8.50. The molecular weight excluding hydrogens is 392 g/mol. The van der Waals surface area contributed by atoms with Gasteiger partial charge in [0.25, 0.3) is 0 Å². The lowest BCUT2D eigenvalue weighted by Gasteiger charge is -2.40. The van der Waals surface area contributed by atoms with E-state index in [1.165, 1.54) is 11.1 Å². The number of benzene rings is 1. The van der Waals surface area contributed by atoms with Gasteiger partial charge >= 0.3 is 0 Å². The number of carbonyl (C=O) groups is 2. The van der Waals surface area contributed by atoms with Crippen LogP contribution in [0.2, 0.25) is 0 Å². The van der Waals surface area contributed by atoms with E-state index < -0.39 is 6.04 Å². The van der Waals surface area contributed by atoms with Gasteiger partial charge in [0, 0.05) is 57.7 Å². The molecule has 5 rings (SSSR count). The third-order valence-corrected chi connectivity index (χ3v) is 6.71. The van der Waals surface area contributed by atoms with Crippen LogP contribution in [0, 0.1) is 0 Å². The first-order chi connectivity index (χ1) is 15.2. The maximum absolute atomic E-state index is 13.1. The SMILES string of the molecule is O=C1NCCN(C2Cc3ccccc3C2)C1CC(=O)N1CCN(c2ncccn2)CC1. The third kappa shape index (κ3) is 4.12. The van der Waals surface area contributed by atoms with E-state index in [9.17, 15) is 9.59 Å². The molecule has 2 saturated heterocycles. The van der Waals surface area contributed by atoms with Gasteiger partial charge < -0.3 is 15.1 Å². The van der Waals surface area contributed by atoms with Gasteiger partial charge in [-0.3, -0.25) is 14.5 Å². The quantitative estimate of drug-likeness (QED) is 0.775. The number of piperazine rings is 2. The van der Waals surface area contributed by atoms with Crippen molar-refractivity contribution in [3.8, 4) is 0 Å². The smallest absolute Gasteiger partial charge is 0.237 e. The lowest BCUT2D eigenvalue weighted by molar-refractivity contribution is -0.140. The van der Waals surface area contributed by atoms with Gasteiger partial charge in [0.1, 0.15) is 0 Å². The minimum absolute atomic E-state index is 0.0214. The second-order valence-corrected chi connectivity index (χ2v) is 8.50. The molecule has 3 aliphatic rings. The number of aromatic nitrogens is 2. The Morgan fingerprint density at radius 3 is 2.32 bits per heavy atom. The lowest BCUT2D eigenvalue weighted by Crippen LogP contribution is -2.60. The van der Waals surface area contributed by atoms with Gasteiger partial charge in [-0.1, -0.05) is 24.3 Å². The molecule has 3 heterocycles. The van der Waals surface area contributed by atoms with E-state index in [2.05, 4.69) is 49.4 Å². The topological polar surface area (TPSA) is 81.7 Å². The Kier molecular flexibility index (Phi) is 5.55. The van der Waals surface area contributed by atoms with Crippen LogP contribution in [0.25, 0.3) is 0 Å². The Morgan fingerprint density at radius 2 is 1.65 bits per heavy atom. The number of nitrogens with zero attached hydrogens (tertiary/aromatic N) is 5. The van der Waals surface area contributed by atoms with Crippen LogP contribution in [0.3, 0.4) is 0 Å². The zero-order chi connectivity index (χ0) is 21.2. The van der Waals surface area contributed by atoms with E-state index in [-0.39, 0.29) is 24.3 Å². The van der Waals surface area contributed by atoms with Gasteiger partial charge in [-0.15, -0.1) is 0 Å². The van der Waals surface area contributed by atoms with E-state index in [1.807, 2.05) is 4.90 Å². The second kappa shape index (κ2) is 8.63. The average molecular weight is 421 g/mol. The van der Waals surface area contributed by atoms with Gasteiger partial charge in [0.15, 0.2) is 0 Å². The molecule has 1 atom stereocenters. The molecule has 0 spiro atoms. The van der Waals surface area contributed by atoms with Gasteiger partial charge in [0.2, 0.25) is 17.8 Å². The van der Waals surface area contributed by atoms with Crippen molar-refractivity contribution in [2.45, 2.75) is 31.3 Å². The van der Waals surface area contributed by atoms with E-state index in [4.69, 9.17) is 0 Å². The van der Waals surface area contributed by atoms with E-state index >= 15 is 0 Å². The first kappa shape index (κ1) is 19.9. The number of nitrogens with one attached hydrogen (secondary N) is 1. The number of rotatable bonds is 4. The molecule has 8 heteroatoms. The van der Waals surface area contributed by atoms with Crippen LogP contribution in [-0.4, -0.2) is 82.9 Å². The Labute approximate surface area is 182 Å². The molecule has 0 radical (unpaired) electrons. The highest BCUT2D eigenvalue weighted by Gasteiger charge is 2.39. The molecule has 0 saturated carbocycles. The summed E-state index contributed by atoms with van der Waals surface area (Å²) in [5, 5.41) is 2.97. The fourth-order valence-electron chi connectivity index (χ4n) is 5.05. The van der Waals surface area contributed by atoms with Crippen molar-refractivity contribution in [3.05, 3.63) is 53.9 Å². The van der Waals surface area contributed by atoms with Crippen molar-refractivity contribution in [2.75, 3.05) is 44.2 Å². The molecule has 1 aliphatic carbocycles. The minimum Gasteiger partial charge on any atom is -0.353 e. The molecule has 2 amide bonds. The van der Waals surface area contributed by atoms with Gasteiger partial charge in [-0.2, -0.15) is 0 Å². The van der Waals surface area contributed by atoms with Crippen LogP contribution in [-0.2, 0) is 22.4 Å². The molecule has 0 bridgehead atoms. The molecule has 1 aromatic heterocycles. The molecule has 1 aromatic carbocycles. The van der Waals surface area contributed by atoms with Gasteiger partial charge in [0.05, 0.1) is 12.5 Å². The highest BCUT2D eigenvalue weighted by molar-refractivity contribution is 5.89. The standard InChI is InChI=1S/C23H28N6O2/c30-21(27-10-12-28(13-11-27)23-25-6-3-7-26-23)16-20-22(31)24-8-9-29(20)19-14-17-4-1-2-5-18(17)15-19/h1-7,19-20H,8-16H2,(H,24,31). The fraction of sp³-hybridized carbons (Fsp3) is 0.478. The first-order valence-electron chi connectivity index (χ1n) is 11.1. The largest absolute Gasteiger partial charge is 0.353 e. The van der Waals surface area contributed by atoms with E-state index in [1.54, 1.807) is 18.5 Å². The highest BCUT2D eigenvalue weighted by atomic mass is 16.2. The van der Waals surface area contributed by atoms with E-state index in [0.717, 1.165) is 19.4 Å². The summed E-state index contributed by atoms with van der Waals surface area (Å²) in [5.41, 5.74) is 2.73. The maximum atomic E-state index is 13.1. The predicted octanol–water partition coefficient (Wildman–Crippen LogP) is 0.483. The number of hydrogen-bond acceptors (Lipinski definition) is 6. The Morgan fingerprint density at radius 1 is 0.968 bits per heavy atom. The normalized spacial score (nSPS) is 22.3. The van der Waals surface area contributed by atoms with Crippen molar-refractivity contribution in [2.24, 2.45) is 0 Å². The van der Waals surface area contributed by atoms with Gasteiger partial charge in [-0.05, 0) is 30.0 Å². The molecule has 31 heavy (non-hydrogen) atoms. The number of hydrogen-bond donors (Lipinski definition) is 1. The average Bonchev–Trinajstić information content (AvgIpc) is 3.25. The summed E-state index contributed by atoms with van der Waals surface area (Å²) in [6, 6.07) is 10.2. The maximum Gasteiger partial charge on any atom is 0.237 e. The highest BCUT2D eigenvalue weighted by Crippen LogP contribution is 2.28. The monoisotopic (exact) mass is 420 g/mol. The summed E-state index contributed by atoms with van der Waals surface area (Å²) >= 11 is 0. The van der Waals surface area contributed by atoms with Crippen LogP contribution in [0.15, 0.2) is 42.7 Å². The molecular formula is C23H28N6O2. The molecule has 2 aliphatic heterocycles. The summed E-state index contributed by atoms with van der Waals surface area (Å²) in [6.45, 7) is 4.09. The number of anilines is 1. The third-order valence-electron chi connectivity index (χ3n) is 6.71. The van der Waals surface area contributed by atoms with Crippen LogP contribution in [0.5, 0.6) is 0 Å². The molecule has 8 nitrogen and oxygen atoms in total. The lowest BCUT2D eigenvalue weighted by atomic mass is 10.0. The first-order valence-corrected chi connectivity index (χ1v) is 11.1. The van der Waals surface area contributed by atoms with Gasteiger partial charge in [-0.25, -0.2) is 9.97 Å². The zero-order valence-corrected chi connectivity index (χ0v) is 17.6. The summed E-state index contributed by atoms with van der Waals surface area (Å²) in [4.78, 5) is 40.7. The molecule has 2 fully saturated rings. The van der Waals surface area contributed by atoms with Crippen LogP contribution < -0.4 is 10.2 Å². The molecule has 162 valence electrons. The minimum atomic E-state index is -0.393. The Balaban J connectivity index is 1.22. The zero-order valence-electron chi connectivity index (χ0n) is 17.6. The molecule has 1 N–H and O–H groups in total. The summed E-state index contributed by atoms with van der Waals surface area (Å²) in [5.74, 6) is 0.733. The van der Waals surface area contributed by atoms with Crippen LogP contribution >= 0.6 is 0 Å². The Hall–Kier alpha value is -3.00. The number of amides is 2. The number of carbonyl (C=O) groups excluding carboxylic acids is 2. The van der Waals surface area contributed by atoms with Crippen molar-refractivity contribution in [1.29, 1.82) is 0 Å². The summed E-state index contributed by atoms with van der Waals surface area (Å²) in [7, 11) is 0. The van der Waals surface area contributed by atoms with E-state index in [0.29, 0.717) is 38.7 Å². The van der Waals surface area contributed by atoms with Crippen LogP contribution in [0.1, 0.15) is 17.5 Å². The predicted molar refractivity (Wildman–Crippen MR) is 117 cm³/mol. The van der Waals surface area contributed by atoms with Crippen molar-refractivity contribution in [1.82, 2.24) is 25.1 Å². The summed E-state index contributed by atoms with van der Waals surface area (Å²) in [6.07, 6.45) is 5.60. The Bertz CT molecular complexity index is 919. The fourth-order valence-corrected chi connectivity index (χ4v) is 5.05. The van der Waals surface area contributed by atoms with Crippen molar-refractivity contribution >= 4 is 17.8 Å². The number of fused-ring (bicyclic) bond motifs is 1. The van der Waals surface area contributed by atoms with Crippen molar-refractivity contribution in [3.63, 3.8) is 0 Å². The van der Waals surface area contributed by atoms with Crippen LogP contribution in [0.4, 0.5) is 5.95 Å².